The zero-order chi connectivity index (χ0) is 21.6. The monoisotopic (exact) mass is 439 g/mol. The molecule has 0 saturated carbocycles. The summed E-state index contributed by atoms with van der Waals surface area (Å²) in [4.78, 5) is 13.1. The number of methoxy groups -OCH3 is 1. The molecular formula is C21H25N7O2S. The number of nitrogens with two attached hydrogens (primary N) is 1. The Morgan fingerprint density at radius 1 is 1.45 bits per heavy atom. The Morgan fingerprint density at radius 3 is 3.16 bits per heavy atom. The number of dihydropyridines is 2. The third kappa shape index (κ3) is 5.74. The number of allylic oxidation sites excluding steroid dienone is 3. The van der Waals surface area contributed by atoms with Crippen LogP contribution in [0.15, 0.2) is 63.9 Å². The average Bonchev–Trinajstić information content (AvgIpc) is 3.26. The fraction of sp³-hybridized carbons (Fsp3) is 0.333. The summed E-state index contributed by atoms with van der Waals surface area (Å²) in [5, 5.41) is 15.5. The predicted octanol–water partition coefficient (Wildman–Crippen LogP) is 2.76. The van der Waals surface area contributed by atoms with E-state index >= 15 is 0 Å². The van der Waals surface area contributed by atoms with Crippen LogP contribution >= 0.6 is 11.8 Å². The highest BCUT2D eigenvalue weighted by molar-refractivity contribution is 8.26. The van der Waals surface area contributed by atoms with Crippen LogP contribution in [0.25, 0.3) is 0 Å². The number of nitrogens with one attached hydrogen (secondary N) is 3. The normalized spacial score (nSPS) is 22.6. The maximum atomic E-state index is 8.13. The Hall–Kier alpha value is -3.11. The zero-order valence-corrected chi connectivity index (χ0v) is 18.0. The molecule has 2 atom stereocenters. The summed E-state index contributed by atoms with van der Waals surface area (Å²) in [5.74, 6) is 1.30. The number of hydrogen-bond acceptors (Lipinski definition) is 9. The molecule has 4 heterocycles. The van der Waals surface area contributed by atoms with E-state index in [1.807, 2.05) is 24.3 Å². The van der Waals surface area contributed by atoms with Crippen LogP contribution in [0.3, 0.4) is 0 Å². The SMILES string of the molecule is COc1cncc(NC2=CC3NC(/N=C(/N)SC(=N)CC4CCCO4)=CC=C3N=C2)c1. The maximum absolute atomic E-state index is 8.13. The van der Waals surface area contributed by atoms with Gasteiger partial charge in [0.05, 0.1) is 60.0 Å². The highest BCUT2D eigenvalue weighted by Gasteiger charge is 2.21. The van der Waals surface area contributed by atoms with Crippen LogP contribution in [0.4, 0.5) is 5.69 Å². The highest BCUT2D eigenvalue weighted by atomic mass is 32.2. The quantitative estimate of drug-likeness (QED) is 0.396. The van der Waals surface area contributed by atoms with Gasteiger partial charge in [-0.25, -0.2) is 4.99 Å². The molecule has 1 saturated heterocycles. The van der Waals surface area contributed by atoms with Gasteiger partial charge in [0.1, 0.15) is 11.6 Å². The van der Waals surface area contributed by atoms with E-state index in [2.05, 4.69) is 25.6 Å². The van der Waals surface area contributed by atoms with Crippen LogP contribution in [0.2, 0.25) is 0 Å². The second-order valence-corrected chi connectivity index (χ2v) is 8.31. The molecule has 0 aromatic carbocycles. The van der Waals surface area contributed by atoms with E-state index in [0.29, 0.717) is 28.2 Å². The lowest BCUT2D eigenvalue weighted by Crippen LogP contribution is -2.33. The Bertz CT molecular complexity index is 993. The van der Waals surface area contributed by atoms with Gasteiger partial charge in [-0.15, -0.1) is 0 Å². The lowest BCUT2D eigenvalue weighted by molar-refractivity contribution is 0.117. The number of nitrogens with zero attached hydrogens (tertiary/aromatic N) is 3. The lowest BCUT2D eigenvalue weighted by Gasteiger charge is -2.24. The van der Waals surface area contributed by atoms with Crippen molar-refractivity contribution in [2.45, 2.75) is 31.4 Å². The number of pyridine rings is 1. The summed E-state index contributed by atoms with van der Waals surface area (Å²) in [6.45, 7) is 0.778. The third-order valence-corrected chi connectivity index (χ3v) is 5.58. The van der Waals surface area contributed by atoms with E-state index in [9.17, 15) is 0 Å². The third-order valence-electron chi connectivity index (χ3n) is 4.87. The Balaban J connectivity index is 1.36. The van der Waals surface area contributed by atoms with Crippen molar-refractivity contribution in [3.05, 3.63) is 53.9 Å². The number of fused-ring (bicyclic) bond motifs is 1. The van der Waals surface area contributed by atoms with Gasteiger partial charge in [0.15, 0.2) is 5.17 Å². The molecule has 0 bridgehead atoms. The minimum atomic E-state index is -0.140. The Labute approximate surface area is 185 Å². The molecule has 1 aromatic heterocycles. The molecule has 0 radical (unpaired) electrons. The number of ether oxygens (including phenoxy) is 2. The molecule has 9 nitrogen and oxygen atoms in total. The standard InChI is InChI=1S/C21H25N7O2S/c1-29-16-7-13(10-24-12-16)26-14-8-18-17(25-11-14)4-5-20(27-18)28-21(23)31-19(22)9-15-3-2-6-30-15/h4-5,7-8,10-12,15,18,22,26-27H,2-3,6,9H2,1H3,(H2,23,28). The molecule has 162 valence electrons. The summed E-state index contributed by atoms with van der Waals surface area (Å²) in [6.07, 6.45) is 13.6. The van der Waals surface area contributed by atoms with Gasteiger partial charge in [-0.2, -0.15) is 0 Å². The fourth-order valence-corrected chi connectivity index (χ4v) is 4.06. The molecule has 1 fully saturated rings. The number of thioether (sulfide) groups is 1. The molecule has 10 heteroatoms. The van der Waals surface area contributed by atoms with Gasteiger partial charge < -0.3 is 25.8 Å². The number of rotatable bonds is 6. The van der Waals surface area contributed by atoms with Crippen molar-refractivity contribution < 1.29 is 9.47 Å². The summed E-state index contributed by atoms with van der Waals surface area (Å²) >= 11 is 1.17. The van der Waals surface area contributed by atoms with Gasteiger partial charge in [0.25, 0.3) is 0 Å². The van der Waals surface area contributed by atoms with Crippen LogP contribution in [0.1, 0.15) is 19.3 Å². The van der Waals surface area contributed by atoms with E-state index in [1.165, 1.54) is 11.8 Å². The number of amidine groups is 1. The Morgan fingerprint density at radius 2 is 2.35 bits per heavy atom. The molecule has 1 aromatic rings. The topological polar surface area (TPSA) is 130 Å². The van der Waals surface area contributed by atoms with E-state index in [0.717, 1.165) is 36.5 Å². The molecule has 0 spiro atoms. The van der Waals surface area contributed by atoms with Crippen molar-refractivity contribution in [1.29, 1.82) is 5.41 Å². The molecule has 0 aliphatic carbocycles. The molecular weight excluding hydrogens is 414 g/mol. The van der Waals surface area contributed by atoms with Crippen molar-refractivity contribution in [1.82, 2.24) is 10.3 Å². The summed E-state index contributed by atoms with van der Waals surface area (Å²) in [5.41, 5.74) is 8.57. The minimum absolute atomic E-state index is 0.126. The van der Waals surface area contributed by atoms with E-state index < -0.39 is 0 Å². The van der Waals surface area contributed by atoms with Crippen LogP contribution < -0.4 is 21.1 Å². The molecule has 3 aliphatic rings. The lowest BCUT2D eigenvalue weighted by atomic mass is 10.1. The van der Waals surface area contributed by atoms with Crippen molar-refractivity contribution in [2.24, 2.45) is 15.7 Å². The van der Waals surface area contributed by atoms with Gasteiger partial charge in [-0.3, -0.25) is 15.4 Å². The summed E-state index contributed by atoms with van der Waals surface area (Å²) in [7, 11) is 1.60. The first-order valence-corrected chi connectivity index (χ1v) is 10.8. The number of aromatic nitrogens is 1. The van der Waals surface area contributed by atoms with Crippen molar-refractivity contribution in [3.63, 3.8) is 0 Å². The second kappa shape index (κ2) is 9.80. The summed E-state index contributed by atoms with van der Waals surface area (Å²) < 4.78 is 10.8. The first-order valence-electron chi connectivity index (χ1n) is 10.0. The first kappa shape index (κ1) is 21.1. The predicted molar refractivity (Wildman–Crippen MR) is 125 cm³/mol. The fourth-order valence-electron chi connectivity index (χ4n) is 3.40. The summed E-state index contributed by atoms with van der Waals surface area (Å²) in [6, 6.07) is 1.72. The maximum Gasteiger partial charge on any atom is 0.166 e. The van der Waals surface area contributed by atoms with Crippen LogP contribution in [0.5, 0.6) is 5.75 Å². The number of hydrogen-bond donors (Lipinski definition) is 4. The first-order chi connectivity index (χ1) is 15.1. The molecule has 31 heavy (non-hydrogen) atoms. The smallest absolute Gasteiger partial charge is 0.166 e. The van der Waals surface area contributed by atoms with E-state index in [-0.39, 0.29) is 12.1 Å². The van der Waals surface area contributed by atoms with E-state index in [4.69, 9.17) is 20.6 Å². The van der Waals surface area contributed by atoms with Gasteiger partial charge >= 0.3 is 0 Å². The van der Waals surface area contributed by atoms with Crippen molar-refractivity contribution >= 4 is 33.9 Å². The zero-order valence-electron chi connectivity index (χ0n) is 17.2. The molecule has 2 unspecified atom stereocenters. The van der Waals surface area contributed by atoms with Crippen molar-refractivity contribution in [3.8, 4) is 5.75 Å². The molecule has 0 amide bonds. The number of anilines is 1. The largest absolute Gasteiger partial charge is 0.495 e. The van der Waals surface area contributed by atoms with Gasteiger partial charge in [-0.05, 0) is 42.8 Å². The van der Waals surface area contributed by atoms with Gasteiger partial charge in [-0.1, -0.05) is 0 Å². The van der Waals surface area contributed by atoms with E-state index in [1.54, 1.807) is 25.7 Å². The Kier molecular flexibility index (Phi) is 6.68. The van der Waals surface area contributed by atoms with Crippen molar-refractivity contribution in [2.75, 3.05) is 19.0 Å². The number of aliphatic imine (C=N–C) groups is 2. The van der Waals surface area contributed by atoms with Gasteiger partial charge in [0, 0.05) is 19.1 Å². The molecule has 4 rings (SSSR count). The van der Waals surface area contributed by atoms with Crippen LogP contribution in [0, 0.1) is 5.41 Å². The molecule has 3 aliphatic heterocycles. The van der Waals surface area contributed by atoms with Crippen LogP contribution in [-0.4, -0.2) is 47.3 Å². The minimum Gasteiger partial charge on any atom is -0.495 e. The van der Waals surface area contributed by atoms with Gasteiger partial charge in [0.2, 0.25) is 0 Å². The second-order valence-electron chi connectivity index (χ2n) is 7.20. The average molecular weight is 440 g/mol. The molecule has 5 N–H and O–H groups in total. The highest BCUT2D eigenvalue weighted by Crippen LogP contribution is 2.23. The van der Waals surface area contributed by atoms with Crippen LogP contribution in [-0.2, 0) is 4.74 Å².